The standard InChI is InChI=1S/C32H41N5O9Si/c1-31(2,3)44-29(41)35-17-9-16-34-19-22(18-33)36-26(38)21-12-14-23(15-13-21)43-20-47(30(42)45-32(4,5)6)46-37-27(39)24-10-7-8-11-25(24)28(37)40/h7-8,10-15,18-19,33-34,47H,9,16-17,20H2,1-6H3,(H,35,41)(H,36,38)/b22-19+,33-18?/t47-/m0/s1. The van der Waals surface area contributed by atoms with E-state index in [1.54, 1.807) is 53.7 Å². The first-order chi connectivity index (χ1) is 22.1. The van der Waals surface area contributed by atoms with Crippen LogP contribution in [-0.4, -0.2) is 80.2 Å². The van der Waals surface area contributed by atoms with E-state index in [0.717, 1.165) is 6.21 Å². The molecule has 0 radical (unpaired) electrons. The number of hydrogen-bond acceptors (Lipinski definition) is 11. The molecule has 1 aliphatic heterocycles. The summed E-state index contributed by atoms with van der Waals surface area (Å²) in [6, 6.07) is 12.3. The fourth-order valence-electron chi connectivity index (χ4n) is 3.97. The fourth-order valence-corrected chi connectivity index (χ4v) is 5.53. The van der Waals surface area contributed by atoms with Gasteiger partial charge in [0.2, 0.25) is 0 Å². The van der Waals surface area contributed by atoms with Gasteiger partial charge in [0, 0.05) is 31.1 Å². The monoisotopic (exact) mass is 667 g/mol. The predicted octanol–water partition coefficient (Wildman–Crippen LogP) is 3.80. The number of nitrogens with one attached hydrogen (secondary N) is 4. The predicted molar refractivity (Wildman–Crippen MR) is 175 cm³/mol. The van der Waals surface area contributed by atoms with Crippen LogP contribution in [0, 0.1) is 5.41 Å². The Hall–Kier alpha value is -5.02. The molecule has 14 nitrogen and oxygen atoms in total. The smallest absolute Gasteiger partial charge is 0.407 e. The lowest BCUT2D eigenvalue weighted by Crippen LogP contribution is -2.47. The van der Waals surface area contributed by atoms with E-state index < -0.39 is 49.6 Å². The van der Waals surface area contributed by atoms with Crippen LogP contribution in [0.4, 0.5) is 9.59 Å². The van der Waals surface area contributed by atoms with Gasteiger partial charge in [-0.25, -0.2) is 4.79 Å². The third kappa shape index (κ3) is 11.4. The quantitative estimate of drug-likeness (QED) is 0.1000. The largest absolute Gasteiger partial charge is 0.494 e. The van der Waals surface area contributed by atoms with Crippen molar-refractivity contribution in [2.45, 2.75) is 59.2 Å². The molecule has 4 amide bonds. The van der Waals surface area contributed by atoms with Crippen LogP contribution in [0.5, 0.6) is 5.75 Å². The first-order valence-corrected chi connectivity index (χ1v) is 16.8. The molecular formula is C32H41N5O9Si. The van der Waals surface area contributed by atoms with Gasteiger partial charge in [0.15, 0.2) is 0 Å². The fraction of sp³-hybridized carbons (Fsp3) is 0.375. The molecule has 0 bridgehead atoms. The van der Waals surface area contributed by atoms with Gasteiger partial charge in [-0.05, 0) is 84.4 Å². The average Bonchev–Trinajstić information content (AvgIpc) is 3.23. The van der Waals surface area contributed by atoms with Crippen LogP contribution in [-0.2, 0) is 14.0 Å². The molecule has 2 aromatic rings. The number of carbonyl (C=O) groups excluding carboxylic acids is 5. The SMILES string of the molecule is CC(C)(C)OC(=O)NCCCN/C=C(\C=N)NC(=O)c1ccc(OC[Si@H](ON2C(=O)c3ccccc3C2=O)C(=O)OC(C)(C)C)cc1. The first kappa shape index (κ1) is 36.4. The second-order valence-electron chi connectivity index (χ2n) is 12.3. The van der Waals surface area contributed by atoms with Gasteiger partial charge in [0.1, 0.15) is 23.2 Å². The van der Waals surface area contributed by atoms with E-state index in [0.29, 0.717) is 30.3 Å². The summed E-state index contributed by atoms with van der Waals surface area (Å²) in [6.45, 7) is 11.2. The lowest BCUT2D eigenvalue weighted by atomic mass is 10.1. The van der Waals surface area contributed by atoms with E-state index in [1.807, 2.05) is 0 Å². The number of hydroxylamine groups is 2. The van der Waals surface area contributed by atoms with Gasteiger partial charge < -0.3 is 35.6 Å². The van der Waals surface area contributed by atoms with Crippen molar-refractivity contribution in [1.29, 1.82) is 5.41 Å². The van der Waals surface area contributed by atoms with Crippen LogP contribution in [0.15, 0.2) is 60.4 Å². The molecule has 0 saturated heterocycles. The summed E-state index contributed by atoms with van der Waals surface area (Å²) >= 11 is 0. The number of carbonyl (C=O) groups is 5. The van der Waals surface area contributed by atoms with E-state index in [1.165, 1.54) is 42.6 Å². The minimum atomic E-state index is -3.19. The third-order valence-corrected chi connectivity index (χ3v) is 7.59. The maximum Gasteiger partial charge on any atom is 0.407 e. The van der Waals surface area contributed by atoms with Crippen molar-refractivity contribution in [1.82, 2.24) is 21.0 Å². The summed E-state index contributed by atoms with van der Waals surface area (Å²) in [5.74, 6) is -1.52. The Balaban J connectivity index is 1.54. The highest BCUT2D eigenvalue weighted by Crippen LogP contribution is 2.24. The summed E-state index contributed by atoms with van der Waals surface area (Å²) < 4.78 is 22.1. The normalized spacial score (nSPS) is 13.7. The summed E-state index contributed by atoms with van der Waals surface area (Å²) in [7, 11) is -3.19. The minimum Gasteiger partial charge on any atom is -0.494 e. The molecule has 4 N–H and O–H groups in total. The number of amides is 4. The summed E-state index contributed by atoms with van der Waals surface area (Å²) in [5.41, 5.74) is -1.29. The Morgan fingerprint density at radius 2 is 1.47 bits per heavy atom. The number of imide groups is 1. The Morgan fingerprint density at radius 3 is 2.02 bits per heavy atom. The summed E-state index contributed by atoms with van der Waals surface area (Å²) in [4.78, 5) is 63.1. The highest BCUT2D eigenvalue weighted by atomic mass is 28.3. The van der Waals surface area contributed by atoms with Crippen LogP contribution in [0.2, 0.25) is 0 Å². The topological polar surface area (TPSA) is 185 Å². The average molecular weight is 668 g/mol. The molecule has 2 aromatic carbocycles. The van der Waals surface area contributed by atoms with Crippen molar-refractivity contribution in [3.8, 4) is 5.75 Å². The molecule has 0 spiro atoms. The Morgan fingerprint density at radius 1 is 0.872 bits per heavy atom. The van der Waals surface area contributed by atoms with Gasteiger partial charge in [-0.3, -0.25) is 23.7 Å². The molecular weight excluding hydrogens is 626 g/mol. The zero-order valence-corrected chi connectivity index (χ0v) is 28.5. The van der Waals surface area contributed by atoms with Crippen molar-refractivity contribution >= 4 is 44.7 Å². The lowest BCUT2D eigenvalue weighted by Gasteiger charge is -2.25. The van der Waals surface area contributed by atoms with Gasteiger partial charge in [0.25, 0.3) is 17.7 Å². The Labute approximate surface area is 275 Å². The van der Waals surface area contributed by atoms with Crippen molar-refractivity contribution in [3.05, 3.63) is 77.1 Å². The molecule has 1 atom stereocenters. The molecule has 0 aromatic heterocycles. The number of ether oxygens (including phenoxy) is 3. The van der Waals surface area contributed by atoms with E-state index >= 15 is 0 Å². The van der Waals surface area contributed by atoms with E-state index in [4.69, 9.17) is 24.1 Å². The molecule has 0 fully saturated rings. The van der Waals surface area contributed by atoms with Crippen molar-refractivity contribution < 1.29 is 42.7 Å². The molecule has 0 unspecified atom stereocenters. The number of benzene rings is 2. The maximum atomic E-state index is 13.0. The molecule has 0 aliphatic carbocycles. The highest BCUT2D eigenvalue weighted by Gasteiger charge is 2.41. The Kier molecular flexibility index (Phi) is 12.4. The van der Waals surface area contributed by atoms with Gasteiger partial charge in [-0.2, -0.15) is 5.06 Å². The van der Waals surface area contributed by atoms with Crippen molar-refractivity contribution in [2.75, 3.05) is 19.3 Å². The third-order valence-electron chi connectivity index (χ3n) is 6.01. The number of fused-ring (bicyclic) bond motifs is 1. The van der Waals surface area contributed by atoms with Crippen molar-refractivity contribution in [2.24, 2.45) is 0 Å². The Bertz CT molecular complexity index is 1480. The summed E-state index contributed by atoms with van der Waals surface area (Å²) in [6.07, 6.45) is 2.27. The molecule has 3 rings (SSSR count). The maximum absolute atomic E-state index is 13.0. The molecule has 252 valence electrons. The number of nitrogens with zero attached hydrogens (tertiary/aromatic N) is 1. The highest BCUT2D eigenvalue weighted by molar-refractivity contribution is 6.84. The van der Waals surface area contributed by atoms with Crippen LogP contribution >= 0.6 is 0 Å². The van der Waals surface area contributed by atoms with Crippen molar-refractivity contribution in [3.63, 3.8) is 0 Å². The van der Waals surface area contributed by atoms with E-state index in [2.05, 4.69) is 16.0 Å². The second-order valence-corrected chi connectivity index (χ2v) is 14.3. The number of allylic oxidation sites excluding steroid dienone is 1. The number of rotatable bonds is 14. The van der Waals surface area contributed by atoms with E-state index in [9.17, 15) is 24.0 Å². The van der Waals surface area contributed by atoms with Crippen LogP contribution in [0.3, 0.4) is 0 Å². The first-order valence-electron chi connectivity index (χ1n) is 14.9. The van der Waals surface area contributed by atoms with Crippen LogP contribution in [0.25, 0.3) is 0 Å². The molecule has 1 heterocycles. The molecule has 47 heavy (non-hydrogen) atoms. The van der Waals surface area contributed by atoms with Gasteiger partial charge in [-0.1, -0.05) is 12.1 Å². The van der Waals surface area contributed by atoms with Crippen LogP contribution < -0.4 is 20.7 Å². The molecule has 15 heteroatoms. The van der Waals surface area contributed by atoms with Gasteiger partial charge >= 0.3 is 20.7 Å². The minimum absolute atomic E-state index is 0.175. The van der Waals surface area contributed by atoms with Gasteiger partial charge in [-0.15, -0.1) is 0 Å². The van der Waals surface area contributed by atoms with Gasteiger partial charge in [0.05, 0.1) is 16.8 Å². The molecule has 1 aliphatic rings. The van der Waals surface area contributed by atoms with E-state index in [-0.39, 0.29) is 28.6 Å². The number of alkyl carbamates (subject to hydrolysis) is 1. The van der Waals surface area contributed by atoms with Crippen LogP contribution in [0.1, 0.15) is 79.0 Å². The molecule has 0 saturated carbocycles. The second kappa shape index (κ2) is 16.0. The number of hydrogen-bond donors (Lipinski definition) is 4. The summed E-state index contributed by atoms with van der Waals surface area (Å²) in [5, 5.41) is 16.4. The zero-order valence-electron chi connectivity index (χ0n) is 27.3. The lowest BCUT2D eigenvalue weighted by molar-refractivity contribution is -0.0200. The zero-order chi connectivity index (χ0) is 34.8.